The van der Waals surface area contributed by atoms with E-state index in [2.05, 4.69) is 21.2 Å². The molecule has 3 rings (SSSR count). The second-order valence-corrected chi connectivity index (χ2v) is 7.10. The first-order valence-electron chi connectivity index (χ1n) is 8.15. The fourth-order valence-electron chi connectivity index (χ4n) is 2.39. The van der Waals surface area contributed by atoms with Gasteiger partial charge in [0.25, 0.3) is 5.69 Å². The highest BCUT2D eigenvalue weighted by atomic mass is 79.9. The largest absolute Gasteiger partial charge is 0.489 e. The number of hydrogen-bond donors (Lipinski definition) is 1. The first-order chi connectivity index (χ1) is 13.0. The van der Waals surface area contributed by atoms with Crippen molar-refractivity contribution in [3.8, 4) is 5.75 Å². The highest BCUT2D eigenvalue weighted by Gasteiger charge is 2.04. The Hall–Kier alpha value is -2.57. The minimum Gasteiger partial charge on any atom is -0.489 e. The van der Waals surface area contributed by atoms with E-state index in [1.165, 1.54) is 12.1 Å². The van der Waals surface area contributed by atoms with Gasteiger partial charge in [0.05, 0.1) is 9.95 Å². The number of ether oxygens (including phenoxy) is 1. The molecule has 0 aliphatic carbocycles. The lowest BCUT2D eigenvalue weighted by molar-refractivity contribution is -0.384. The lowest BCUT2D eigenvalue weighted by atomic mass is 10.2. The van der Waals surface area contributed by atoms with Gasteiger partial charge in [-0.05, 0) is 69.5 Å². The monoisotopic (exact) mass is 446 g/mol. The molecule has 0 atom stereocenters. The van der Waals surface area contributed by atoms with Gasteiger partial charge in [0, 0.05) is 28.8 Å². The van der Waals surface area contributed by atoms with Gasteiger partial charge < -0.3 is 10.1 Å². The summed E-state index contributed by atoms with van der Waals surface area (Å²) in [5.41, 5.74) is 3.00. The Bertz CT molecular complexity index is 931. The quantitative estimate of drug-likeness (QED) is 0.346. The van der Waals surface area contributed by atoms with Crippen LogP contribution in [0.3, 0.4) is 0 Å². The number of halogens is 2. The molecule has 3 aromatic carbocycles. The summed E-state index contributed by atoms with van der Waals surface area (Å²) < 4.78 is 6.59. The summed E-state index contributed by atoms with van der Waals surface area (Å²) in [5, 5.41) is 14.6. The van der Waals surface area contributed by atoms with Gasteiger partial charge in [0.2, 0.25) is 0 Å². The van der Waals surface area contributed by atoms with Crippen molar-refractivity contribution in [3.05, 3.63) is 97.5 Å². The number of hydrogen-bond acceptors (Lipinski definition) is 4. The molecule has 5 nitrogen and oxygen atoms in total. The number of anilines is 1. The Morgan fingerprint density at radius 1 is 1.00 bits per heavy atom. The Kier molecular flexibility index (Phi) is 6.32. The number of rotatable bonds is 7. The van der Waals surface area contributed by atoms with Crippen LogP contribution < -0.4 is 10.1 Å². The third-order valence-electron chi connectivity index (χ3n) is 3.89. The SMILES string of the molecule is O=[N+]([O-])c1ccc(COc2ccc(CNc3ccc(Br)c(Cl)c3)cc2)cc1. The van der Waals surface area contributed by atoms with E-state index in [1.54, 1.807) is 12.1 Å². The standard InChI is InChI=1S/C20H16BrClN2O3/c21-19-10-5-16(11-20(19)22)23-12-14-3-8-18(9-4-14)27-13-15-1-6-17(7-2-15)24(25)26/h1-11,23H,12-13H2. The highest BCUT2D eigenvalue weighted by Crippen LogP contribution is 2.26. The van der Waals surface area contributed by atoms with Crippen LogP contribution in [0.15, 0.2) is 71.2 Å². The van der Waals surface area contributed by atoms with Crippen LogP contribution in [0.4, 0.5) is 11.4 Å². The number of nitro benzene ring substituents is 1. The second-order valence-electron chi connectivity index (χ2n) is 5.84. The maximum atomic E-state index is 10.7. The van der Waals surface area contributed by atoms with E-state index in [-0.39, 0.29) is 5.69 Å². The fourth-order valence-corrected chi connectivity index (χ4v) is 2.82. The number of benzene rings is 3. The molecule has 0 aromatic heterocycles. The number of nitro groups is 1. The molecule has 0 fully saturated rings. The summed E-state index contributed by atoms with van der Waals surface area (Å²) in [6.07, 6.45) is 0. The normalized spacial score (nSPS) is 10.4. The number of nitrogens with one attached hydrogen (secondary N) is 1. The average Bonchev–Trinajstić information content (AvgIpc) is 2.68. The second kappa shape index (κ2) is 8.88. The van der Waals surface area contributed by atoms with Crippen LogP contribution >= 0.6 is 27.5 Å². The third kappa shape index (κ3) is 5.45. The number of nitrogens with zero attached hydrogens (tertiary/aromatic N) is 1. The molecule has 27 heavy (non-hydrogen) atoms. The zero-order chi connectivity index (χ0) is 19.2. The van der Waals surface area contributed by atoms with Crippen molar-refractivity contribution < 1.29 is 9.66 Å². The molecule has 0 aliphatic heterocycles. The minimum atomic E-state index is -0.417. The summed E-state index contributed by atoms with van der Waals surface area (Å²) >= 11 is 9.46. The van der Waals surface area contributed by atoms with E-state index < -0.39 is 4.92 Å². The van der Waals surface area contributed by atoms with Crippen molar-refractivity contribution in [1.29, 1.82) is 0 Å². The molecule has 138 valence electrons. The van der Waals surface area contributed by atoms with Gasteiger partial charge in [0.1, 0.15) is 12.4 Å². The van der Waals surface area contributed by atoms with Gasteiger partial charge in [-0.1, -0.05) is 23.7 Å². The maximum absolute atomic E-state index is 10.7. The highest BCUT2D eigenvalue weighted by molar-refractivity contribution is 9.10. The molecule has 0 unspecified atom stereocenters. The predicted molar refractivity (Wildman–Crippen MR) is 110 cm³/mol. The van der Waals surface area contributed by atoms with Crippen molar-refractivity contribution in [3.63, 3.8) is 0 Å². The van der Waals surface area contributed by atoms with Gasteiger partial charge in [-0.2, -0.15) is 0 Å². The van der Waals surface area contributed by atoms with Gasteiger partial charge >= 0.3 is 0 Å². The Morgan fingerprint density at radius 3 is 2.30 bits per heavy atom. The van der Waals surface area contributed by atoms with E-state index in [9.17, 15) is 10.1 Å². The Morgan fingerprint density at radius 2 is 1.67 bits per heavy atom. The Labute approximate surface area is 170 Å². The van der Waals surface area contributed by atoms with Gasteiger partial charge in [-0.15, -0.1) is 0 Å². The average molecular weight is 448 g/mol. The fraction of sp³-hybridized carbons (Fsp3) is 0.100. The Balaban J connectivity index is 1.52. The van der Waals surface area contributed by atoms with E-state index in [4.69, 9.17) is 16.3 Å². The molecule has 0 aliphatic rings. The van der Waals surface area contributed by atoms with Crippen LogP contribution in [-0.2, 0) is 13.2 Å². The third-order valence-corrected chi connectivity index (χ3v) is 5.12. The van der Waals surface area contributed by atoms with Gasteiger partial charge in [-0.3, -0.25) is 10.1 Å². The summed E-state index contributed by atoms with van der Waals surface area (Å²) in [4.78, 5) is 10.2. The van der Waals surface area contributed by atoms with E-state index in [0.29, 0.717) is 18.2 Å². The zero-order valence-corrected chi connectivity index (χ0v) is 16.5. The molecule has 7 heteroatoms. The van der Waals surface area contributed by atoms with Crippen LogP contribution in [0, 0.1) is 10.1 Å². The summed E-state index contributed by atoms with van der Waals surface area (Å²) in [7, 11) is 0. The lowest BCUT2D eigenvalue weighted by Gasteiger charge is -2.10. The van der Waals surface area contributed by atoms with E-state index in [1.807, 2.05) is 42.5 Å². The maximum Gasteiger partial charge on any atom is 0.269 e. The molecule has 0 amide bonds. The molecule has 0 heterocycles. The smallest absolute Gasteiger partial charge is 0.269 e. The minimum absolute atomic E-state index is 0.0719. The first kappa shape index (κ1) is 19.2. The van der Waals surface area contributed by atoms with Crippen molar-refractivity contribution >= 4 is 38.9 Å². The van der Waals surface area contributed by atoms with Crippen molar-refractivity contribution in [2.75, 3.05) is 5.32 Å². The zero-order valence-electron chi connectivity index (χ0n) is 14.2. The van der Waals surface area contributed by atoms with Crippen LogP contribution in [0.2, 0.25) is 5.02 Å². The lowest BCUT2D eigenvalue weighted by Crippen LogP contribution is -2.00. The summed E-state index contributed by atoms with van der Waals surface area (Å²) in [6, 6.07) is 19.8. The number of non-ortho nitro benzene ring substituents is 1. The van der Waals surface area contributed by atoms with Crippen molar-refractivity contribution in [2.45, 2.75) is 13.2 Å². The van der Waals surface area contributed by atoms with Crippen LogP contribution in [0.1, 0.15) is 11.1 Å². The molecule has 0 bridgehead atoms. The van der Waals surface area contributed by atoms with Crippen LogP contribution in [0.5, 0.6) is 5.75 Å². The van der Waals surface area contributed by atoms with Crippen LogP contribution in [-0.4, -0.2) is 4.92 Å². The molecular weight excluding hydrogens is 432 g/mol. The summed E-state index contributed by atoms with van der Waals surface area (Å²) in [5.74, 6) is 0.740. The molecule has 1 N–H and O–H groups in total. The van der Waals surface area contributed by atoms with E-state index in [0.717, 1.165) is 27.0 Å². The van der Waals surface area contributed by atoms with E-state index >= 15 is 0 Å². The van der Waals surface area contributed by atoms with Gasteiger partial charge in [0.15, 0.2) is 0 Å². The molecule has 0 saturated heterocycles. The molecule has 0 saturated carbocycles. The first-order valence-corrected chi connectivity index (χ1v) is 9.32. The van der Waals surface area contributed by atoms with Crippen LogP contribution in [0.25, 0.3) is 0 Å². The van der Waals surface area contributed by atoms with Crippen molar-refractivity contribution in [2.24, 2.45) is 0 Å². The summed E-state index contributed by atoms with van der Waals surface area (Å²) in [6.45, 7) is 1.02. The topological polar surface area (TPSA) is 64.4 Å². The molecule has 3 aromatic rings. The predicted octanol–water partition coefficient (Wildman–Crippen LogP) is 6.20. The molecular formula is C20H16BrClN2O3. The van der Waals surface area contributed by atoms with Crippen molar-refractivity contribution in [1.82, 2.24) is 0 Å². The van der Waals surface area contributed by atoms with Gasteiger partial charge in [-0.25, -0.2) is 0 Å². The molecule has 0 radical (unpaired) electrons. The molecule has 0 spiro atoms.